The molecule has 0 amide bonds. The number of nitrogens with one attached hydrogen (secondary N) is 1. The van der Waals surface area contributed by atoms with Crippen molar-refractivity contribution in [2.45, 2.75) is 17.1 Å². The normalized spacial score (nSPS) is 12.6. The molecule has 1 unspecified atom stereocenters. The Balaban J connectivity index is 2.94. The Morgan fingerprint density at radius 2 is 2.20 bits per heavy atom. The van der Waals surface area contributed by atoms with Crippen LogP contribution in [0.25, 0.3) is 0 Å². The molecule has 0 aliphatic rings. The second kappa shape index (κ2) is 7.64. The first-order valence-corrected chi connectivity index (χ1v) is 8.59. The minimum atomic E-state index is -3.73. The number of sulfonamides is 1. The lowest BCUT2D eigenvalue weighted by Crippen LogP contribution is -2.29. The van der Waals surface area contributed by atoms with Crippen molar-refractivity contribution in [3.05, 3.63) is 29.6 Å². The maximum Gasteiger partial charge on any atom is 0.240 e. The third kappa shape index (κ3) is 4.80. The van der Waals surface area contributed by atoms with Crippen LogP contribution < -0.4 is 4.72 Å². The summed E-state index contributed by atoms with van der Waals surface area (Å²) in [7, 11) is -3.73. The molecule has 0 saturated carbocycles. The summed E-state index contributed by atoms with van der Waals surface area (Å²) in [4.78, 5) is -0.141. The van der Waals surface area contributed by atoms with E-state index in [0.29, 0.717) is 0 Å². The molecule has 2 N–H and O–H groups in total. The zero-order valence-corrected chi connectivity index (χ0v) is 12.8. The van der Waals surface area contributed by atoms with E-state index in [0.717, 1.165) is 6.07 Å². The molecule has 110 valence electrons. The highest BCUT2D eigenvalue weighted by Gasteiger charge is 2.16. The second-order valence-electron chi connectivity index (χ2n) is 4.00. The van der Waals surface area contributed by atoms with Crippen LogP contribution in [0, 0.1) is 17.7 Å². The van der Waals surface area contributed by atoms with Crippen molar-refractivity contribution in [2.24, 2.45) is 0 Å². The molecule has 20 heavy (non-hydrogen) atoms. The Hall–Kier alpha value is -1.07. The topological polar surface area (TPSA) is 66.4 Å². The van der Waals surface area contributed by atoms with E-state index in [1.165, 1.54) is 23.9 Å². The summed E-state index contributed by atoms with van der Waals surface area (Å²) < 4.78 is 40.0. The van der Waals surface area contributed by atoms with Gasteiger partial charge in [-0.1, -0.05) is 18.8 Å². The molecule has 0 aliphatic heterocycles. The average molecular weight is 317 g/mol. The van der Waals surface area contributed by atoms with Crippen molar-refractivity contribution in [1.82, 2.24) is 4.72 Å². The first kappa shape index (κ1) is 17.0. The fourth-order valence-corrected chi connectivity index (χ4v) is 2.79. The van der Waals surface area contributed by atoms with Crippen LogP contribution in [0.15, 0.2) is 23.1 Å². The minimum Gasteiger partial charge on any atom is -0.384 e. The number of hydrogen-bond donors (Lipinski definition) is 2. The van der Waals surface area contributed by atoms with Gasteiger partial charge in [-0.3, -0.25) is 0 Å². The predicted molar refractivity (Wildman–Crippen MR) is 78.5 cm³/mol. The van der Waals surface area contributed by atoms with Crippen LogP contribution in [-0.4, -0.2) is 38.2 Å². The molecule has 0 aromatic heterocycles. The van der Waals surface area contributed by atoms with E-state index in [-0.39, 0.29) is 28.9 Å². The van der Waals surface area contributed by atoms with E-state index in [2.05, 4.69) is 16.6 Å². The van der Waals surface area contributed by atoms with Gasteiger partial charge in [0, 0.05) is 11.8 Å². The third-order valence-electron chi connectivity index (χ3n) is 2.52. The van der Waals surface area contributed by atoms with Gasteiger partial charge in [0.05, 0.1) is 10.5 Å². The van der Waals surface area contributed by atoms with E-state index in [9.17, 15) is 12.8 Å². The van der Waals surface area contributed by atoms with Gasteiger partial charge in [-0.05, 0) is 24.5 Å². The van der Waals surface area contributed by atoms with E-state index >= 15 is 0 Å². The number of rotatable bonds is 5. The standard InChI is InChI=1S/C13H16FNO3S2/c1-10(19-2)9-15-20(17,18)12-6-5-11(4-3-7-16)13(14)8-12/h5-6,8,10,15-16H,7,9H2,1-2H3. The van der Waals surface area contributed by atoms with Crippen LogP contribution in [0.5, 0.6) is 0 Å². The largest absolute Gasteiger partial charge is 0.384 e. The summed E-state index contributed by atoms with van der Waals surface area (Å²) in [6, 6.07) is 3.49. The van der Waals surface area contributed by atoms with E-state index < -0.39 is 15.8 Å². The molecule has 1 atom stereocenters. The van der Waals surface area contributed by atoms with Crippen LogP contribution in [0.2, 0.25) is 0 Å². The van der Waals surface area contributed by atoms with Crippen molar-refractivity contribution in [3.8, 4) is 11.8 Å². The molecule has 1 aromatic carbocycles. The summed E-state index contributed by atoms with van der Waals surface area (Å²) in [5.74, 6) is 3.99. The SMILES string of the molecule is CSC(C)CNS(=O)(=O)c1ccc(C#CCO)c(F)c1. The summed E-state index contributed by atoms with van der Waals surface area (Å²) in [6.45, 7) is 1.78. The Morgan fingerprint density at radius 3 is 2.75 bits per heavy atom. The molecule has 4 nitrogen and oxygen atoms in total. The molecule has 0 heterocycles. The van der Waals surface area contributed by atoms with Crippen molar-refractivity contribution in [1.29, 1.82) is 0 Å². The molecule has 0 aliphatic carbocycles. The fourth-order valence-electron chi connectivity index (χ4n) is 1.29. The van der Waals surface area contributed by atoms with Crippen LogP contribution in [-0.2, 0) is 10.0 Å². The highest BCUT2D eigenvalue weighted by molar-refractivity contribution is 7.99. The molecule has 1 aromatic rings. The maximum absolute atomic E-state index is 13.7. The summed E-state index contributed by atoms with van der Waals surface area (Å²) >= 11 is 1.53. The lowest BCUT2D eigenvalue weighted by molar-refractivity contribution is 0.350. The summed E-state index contributed by atoms with van der Waals surface area (Å²) in [5.41, 5.74) is 0.0514. The highest BCUT2D eigenvalue weighted by atomic mass is 32.2. The predicted octanol–water partition coefficient (Wildman–Crippen LogP) is 1.20. The average Bonchev–Trinajstić information content (AvgIpc) is 2.43. The van der Waals surface area contributed by atoms with Gasteiger partial charge in [-0.25, -0.2) is 17.5 Å². The van der Waals surface area contributed by atoms with Crippen molar-refractivity contribution in [2.75, 3.05) is 19.4 Å². The Morgan fingerprint density at radius 1 is 1.50 bits per heavy atom. The lowest BCUT2D eigenvalue weighted by atomic mass is 10.2. The van der Waals surface area contributed by atoms with Gasteiger partial charge in [0.15, 0.2) is 0 Å². The fraction of sp³-hybridized carbons (Fsp3) is 0.385. The van der Waals surface area contributed by atoms with Crippen LogP contribution in [0.1, 0.15) is 12.5 Å². The number of aliphatic hydroxyl groups excluding tert-OH is 1. The third-order valence-corrected chi connectivity index (χ3v) is 4.91. The Labute approximate surface area is 122 Å². The Kier molecular flexibility index (Phi) is 6.49. The summed E-state index contributed by atoms with van der Waals surface area (Å²) in [5, 5.41) is 8.67. The van der Waals surface area contributed by atoms with Gasteiger partial charge < -0.3 is 5.11 Å². The first-order valence-electron chi connectivity index (χ1n) is 5.82. The smallest absolute Gasteiger partial charge is 0.240 e. The maximum atomic E-state index is 13.7. The van der Waals surface area contributed by atoms with Gasteiger partial charge in [0.1, 0.15) is 12.4 Å². The van der Waals surface area contributed by atoms with Crippen LogP contribution in [0.4, 0.5) is 4.39 Å². The van der Waals surface area contributed by atoms with Crippen LogP contribution in [0.3, 0.4) is 0 Å². The van der Waals surface area contributed by atoms with Crippen molar-refractivity contribution >= 4 is 21.8 Å². The molecule has 0 fully saturated rings. The number of halogens is 1. The molecular formula is C13H16FNO3S2. The quantitative estimate of drug-likeness (QED) is 0.801. The van der Waals surface area contributed by atoms with E-state index in [1.54, 1.807) is 0 Å². The molecular weight excluding hydrogens is 301 g/mol. The molecule has 0 radical (unpaired) electrons. The van der Waals surface area contributed by atoms with Crippen LogP contribution >= 0.6 is 11.8 Å². The monoisotopic (exact) mass is 317 g/mol. The van der Waals surface area contributed by atoms with Gasteiger partial charge >= 0.3 is 0 Å². The van der Waals surface area contributed by atoms with Crippen molar-refractivity contribution < 1.29 is 17.9 Å². The second-order valence-corrected chi connectivity index (χ2v) is 7.04. The number of aliphatic hydroxyl groups is 1. The molecule has 0 saturated heterocycles. The van der Waals surface area contributed by atoms with E-state index in [4.69, 9.17) is 5.11 Å². The molecule has 0 bridgehead atoms. The lowest BCUT2D eigenvalue weighted by Gasteiger charge is -2.10. The van der Waals surface area contributed by atoms with Gasteiger partial charge in [-0.2, -0.15) is 11.8 Å². The summed E-state index contributed by atoms with van der Waals surface area (Å²) in [6.07, 6.45) is 1.88. The van der Waals surface area contributed by atoms with Gasteiger partial charge in [0.2, 0.25) is 10.0 Å². The molecule has 1 rings (SSSR count). The zero-order valence-electron chi connectivity index (χ0n) is 11.2. The van der Waals surface area contributed by atoms with E-state index in [1.807, 2.05) is 13.2 Å². The number of thioether (sulfide) groups is 1. The first-order chi connectivity index (χ1) is 9.40. The number of hydrogen-bond acceptors (Lipinski definition) is 4. The van der Waals surface area contributed by atoms with Crippen molar-refractivity contribution in [3.63, 3.8) is 0 Å². The number of benzene rings is 1. The van der Waals surface area contributed by atoms with Gasteiger partial charge in [-0.15, -0.1) is 0 Å². The molecule has 7 heteroatoms. The zero-order chi connectivity index (χ0) is 15.2. The minimum absolute atomic E-state index is 0.0514. The highest BCUT2D eigenvalue weighted by Crippen LogP contribution is 2.15. The van der Waals surface area contributed by atoms with Gasteiger partial charge in [0.25, 0.3) is 0 Å². The Bertz CT molecular complexity index is 620. The molecule has 0 spiro atoms.